The topological polar surface area (TPSA) is 105 Å². The molecule has 1 saturated heterocycles. The predicted octanol–water partition coefficient (Wildman–Crippen LogP) is 1.96. The molecule has 1 aliphatic rings. The number of aliphatic hydroxyl groups excluding tert-OH is 1. The van der Waals surface area contributed by atoms with Gasteiger partial charge in [0, 0.05) is 32.7 Å². The van der Waals surface area contributed by atoms with Crippen LogP contribution in [-0.4, -0.2) is 78.3 Å². The molecule has 10 heteroatoms. The van der Waals surface area contributed by atoms with E-state index < -0.39 is 4.92 Å². The molecule has 1 unspecified atom stereocenters. The van der Waals surface area contributed by atoms with Gasteiger partial charge in [0.1, 0.15) is 6.20 Å². The van der Waals surface area contributed by atoms with E-state index in [0.717, 1.165) is 37.2 Å². The van der Waals surface area contributed by atoms with Crippen LogP contribution >= 0.6 is 0 Å². The van der Waals surface area contributed by atoms with Crippen molar-refractivity contribution in [1.82, 2.24) is 28.9 Å². The molecule has 2 aromatic heterocycles. The first-order valence-corrected chi connectivity index (χ1v) is 10.3. The third-order valence-corrected chi connectivity index (χ3v) is 5.86. The molecule has 0 amide bonds. The zero-order valence-electron chi connectivity index (χ0n) is 17.3. The summed E-state index contributed by atoms with van der Waals surface area (Å²) in [5, 5.41) is 20.6. The quantitative estimate of drug-likeness (QED) is 0.466. The molecule has 0 spiro atoms. The van der Waals surface area contributed by atoms with E-state index in [9.17, 15) is 15.2 Å². The summed E-state index contributed by atoms with van der Waals surface area (Å²) in [7, 11) is 0. The van der Waals surface area contributed by atoms with Crippen molar-refractivity contribution >= 4 is 16.9 Å². The minimum Gasteiger partial charge on any atom is -0.395 e. The number of imidazole rings is 2. The maximum absolute atomic E-state index is 11.4. The van der Waals surface area contributed by atoms with Gasteiger partial charge < -0.3 is 19.8 Å². The number of nitro groups is 1. The van der Waals surface area contributed by atoms with Gasteiger partial charge in [0.2, 0.25) is 5.82 Å². The molecule has 10 nitrogen and oxygen atoms in total. The van der Waals surface area contributed by atoms with Crippen molar-refractivity contribution in [2.45, 2.75) is 26.6 Å². The zero-order valence-corrected chi connectivity index (χ0v) is 17.3. The first-order chi connectivity index (χ1) is 14.5. The van der Waals surface area contributed by atoms with Crippen LogP contribution in [0.15, 0.2) is 30.5 Å². The molecule has 0 saturated carbocycles. The molecule has 3 heterocycles. The number of aromatic nitrogens is 4. The second-order valence-corrected chi connectivity index (χ2v) is 7.47. The number of aliphatic hydroxyl groups is 1. The summed E-state index contributed by atoms with van der Waals surface area (Å²) < 4.78 is 3.73. The lowest BCUT2D eigenvalue weighted by molar-refractivity contribution is -0.392. The van der Waals surface area contributed by atoms with Crippen molar-refractivity contribution in [3.05, 3.63) is 40.6 Å². The lowest BCUT2D eigenvalue weighted by Gasteiger charge is -2.38. The highest BCUT2D eigenvalue weighted by molar-refractivity contribution is 5.80. The second-order valence-electron chi connectivity index (χ2n) is 7.47. The molecule has 1 N–H and O–H groups in total. The Bertz CT molecular complexity index is 1040. The molecule has 1 aliphatic heterocycles. The second kappa shape index (κ2) is 8.50. The van der Waals surface area contributed by atoms with E-state index in [1.165, 1.54) is 6.20 Å². The van der Waals surface area contributed by atoms with E-state index in [1.54, 1.807) is 4.57 Å². The highest BCUT2D eigenvalue weighted by atomic mass is 16.6. The molecule has 4 rings (SSSR count). The summed E-state index contributed by atoms with van der Waals surface area (Å²) in [5.41, 5.74) is 1.82. The molecule has 0 aliphatic carbocycles. The number of hydrogen-bond donors (Lipinski definition) is 1. The van der Waals surface area contributed by atoms with Crippen LogP contribution in [0.25, 0.3) is 22.7 Å². The molecule has 0 radical (unpaired) electrons. The average molecular weight is 413 g/mol. The van der Waals surface area contributed by atoms with E-state index in [4.69, 9.17) is 4.98 Å². The van der Waals surface area contributed by atoms with Crippen LogP contribution in [0.4, 0.5) is 5.82 Å². The van der Waals surface area contributed by atoms with E-state index in [2.05, 4.69) is 26.3 Å². The Morgan fingerprint density at radius 3 is 2.60 bits per heavy atom. The SMILES string of the molecule is CCn1c([N+](=O)[O-])cnc1-c1nc2ccccc2n1C(C)N1CCN(CCO)CC1. The summed E-state index contributed by atoms with van der Waals surface area (Å²) in [6, 6.07) is 7.90. The number of fused-ring (bicyclic) bond motifs is 1. The maximum Gasteiger partial charge on any atom is 0.343 e. The standard InChI is InChI=1S/C20H27N7O3/c1-3-25-18(27(29)30)14-21-19(25)20-22-16-6-4-5-7-17(16)26(20)15(2)24-10-8-23(9-11-24)12-13-28/h4-7,14-15,28H,3,8-13H2,1-2H3. The van der Waals surface area contributed by atoms with E-state index in [0.29, 0.717) is 24.7 Å². The molecule has 1 fully saturated rings. The van der Waals surface area contributed by atoms with Crippen molar-refractivity contribution < 1.29 is 10.0 Å². The Labute approximate surface area is 174 Å². The van der Waals surface area contributed by atoms with Gasteiger partial charge in [0.15, 0.2) is 0 Å². The largest absolute Gasteiger partial charge is 0.395 e. The van der Waals surface area contributed by atoms with Crippen LogP contribution in [-0.2, 0) is 6.54 Å². The van der Waals surface area contributed by atoms with Crippen LogP contribution in [0, 0.1) is 10.1 Å². The predicted molar refractivity (Wildman–Crippen MR) is 113 cm³/mol. The van der Waals surface area contributed by atoms with Gasteiger partial charge >= 0.3 is 5.82 Å². The molecule has 1 aromatic carbocycles. The van der Waals surface area contributed by atoms with Crippen molar-refractivity contribution in [1.29, 1.82) is 0 Å². The van der Waals surface area contributed by atoms with Crippen LogP contribution in [0.1, 0.15) is 20.0 Å². The number of nitrogens with zero attached hydrogens (tertiary/aromatic N) is 7. The molecule has 160 valence electrons. The van der Waals surface area contributed by atoms with Crippen molar-refractivity contribution in [3.8, 4) is 11.6 Å². The highest BCUT2D eigenvalue weighted by Gasteiger charge is 2.30. The van der Waals surface area contributed by atoms with E-state index >= 15 is 0 Å². The Balaban J connectivity index is 1.76. The smallest absolute Gasteiger partial charge is 0.343 e. The summed E-state index contributed by atoms with van der Waals surface area (Å²) in [4.78, 5) is 24.8. The number of β-amino-alcohol motifs (C(OH)–C–C–N with tert-alkyl or cyclic N) is 1. The normalized spacial score (nSPS) is 16.9. The maximum atomic E-state index is 11.4. The molecular formula is C20H27N7O3. The van der Waals surface area contributed by atoms with Crippen molar-refractivity contribution in [3.63, 3.8) is 0 Å². The minimum atomic E-state index is -0.406. The molecule has 3 aromatic rings. The summed E-state index contributed by atoms with van der Waals surface area (Å²) in [6.45, 7) is 8.82. The van der Waals surface area contributed by atoms with Gasteiger partial charge in [-0.1, -0.05) is 12.1 Å². The Hall–Kier alpha value is -2.82. The van der Waals surface area contributed by atoms with Gasteiger partial charge in [0.05, 0.1) is 30.4 Å². The van der Waals surface area contributed by atoms with E-state index in [1.807, 2.05) is 31.2 Å². The van der Waals surface area contributed by atoms with E-state index in [-0.39, 0.29) is 18.6 Å². The van der Waals surface area contributed by atoms with Crippen LogP contribution in [0.2, 0.25) is 0 Å². The summed E-state index contributed by atoms with van der Waals surface area (Å²) in [6.07, 6.45) is 1.31. The van der Waals surface area contributed by atoms with Gasteiger partial charge in [-0.05, 0) is 30.9 Å². The van der Waals surface area contributed by atoms with Crippen LogP contribution in [0.5, 0.6) is 0 Å². The van der Waals surface area contributed by atoms with Gasteiger partial charge in [-0.3, -0.25) is 9.80 Å². The zero-order chi connectivity index (χ0) is 21.3. The van der Waals surface area contributed by atoms with Crippen LogP contribution < -0.4 is 0 Å². The fourth-order valence-electron chi connectivity index (χ4n) is 4.25. The fourth-order valence-corrected chi connectivity index (χ4v) is 4.25. The molecular weight excluding hydrogens is 386 g/mol. The molecule has 1 atom stereocenters. The van der Waals surface area contributed by atoms with Gasteiger partial charge in [-0.25, -0.2) is 14.5 Å². The third kappa shape index (κ3) is 3.57. The van der Waals surface area contributed by atoms with Gasteiger partial charge in [-0.15, -0.1) is 0 Å². The van der Waals surface area contributed by atoms with Crippen molar-refractivity contribution in [2.24, 2.45) is 0 Å². The first kappa shape index (κ1) is 20.5. The van der Waals surface area contributed by atoms with Gasteiger partial charge in [0.25, 0.3) is 5.82 Å². The number of hydrogen-bond acceptors (Lipinski definition) is 7. The first-order valence-electron chi connectivity index (χ1n) is 10.3. The molecule has 0 bridgehead atoms. The number of piperazine rings is 1. The molecule has 30 heavy (non-hydrogen) atoms. The number of benzene rings is 1. The minimum absolute atomic E-state index is 0.00439. The van der Waals surface area contributed by atoms with Crippen molar-refractivity contribution in [2.75, 3.05) is 39.3 Å². The average Bonchev–Trinajstić information content (AvgIpc) is 3.35. The Morgan fingerprint density at radius 2 is 1.93 bits per heavy atom. The summed E-state index contributed by atoms with van der Waals surface area (Å²) in [5.74, 6) is 1.11. The van der Waals surface area contributed by atoms with Crippen LogP contribution in [0.3, 0.4) is 0 Å². The summed E-state index contributed by atoms with van der Waals surface area (Å²) >= 11 is 0. The Morgan fingerprint density at radius 1 is 1.20 bits per heavy atom. The van der Waals surface area contributed by atoms with Gasteiger partial charge in [-0.2, -0.15) is 0 Å². The monoisotopic (exact) mass is 413 g/mol. The number of para-hydroxylation sites is 2. The lowest BCUT2D eigenvalue weighted by atomic mass is 10.2. The fraction of sp³-hybridized carbons (Fsp3) is 0.500. The number of rotatable bonds is 7. The third-order valence-electron chi connectivity index (χ3n) is 5.86. The highest BCUT2D eigenvalue weighted by Crippen LogP contribution is 2.31. The lowest BCUT2D eigenvalue weighted by Crippen LogP contribution is -2.48. The Kier molecular flexibility index (Phi) is 5.80.